The number of fused-ring (bicyclic) bond motifs is 1. The Bertz CT molecular complexity index is 895. The fourth-order valence-corrected chi connectivity index (χ4v) is 4.12. The summed E-state index contributed by atoms with van der Waals surface area (Å²) in [6, 6.07) is 15.0. The zero-order valence-corrected chi connectivity index (χ0v) is 19.2. The van der Waals surface area contributed by atoms with Gasteiger partial charge in [0, 0.05) is 25.2 Å². The van der Waals surface area contributed by atoms with E-state index in [9.17, 15) is 0 Å². The summed E-state index contributed by atoms with van der Waals surface area (Å²) in [5.41, 5.74) is 4.30. The molecule has 1 atom stereocenters. The first-order chi connectivity index (χ1) is 14.2. The van der Waals surface area contributed by atoms with E-state index in [-0.39, 0.29) is 24.4 Å². The number of ether oxygens (including phenoxy) is 1. The first-order valence-corrected chi connectivity index (χ1v) is 11.1. The lowest BCUT2D eigenvalue weighted by Gasteiger charge is -2.32. The Labute approximate surface area is 181 Å². The second-order valence-electron chi connectivity index (χ2n) is 9.70. The highest BCUT2D eigenvalue weighted by Crippen LogP contribution is 2.36. The van der Waals surface area contributed by atoms with E-state index in [4.69, 9.17) is 14.0 Å². The molecule has 0 saturated carbocycles. The maximum atomic E-state index is 6.28. The second kappa shape index (κ2) is 8.03. The number of rotatable bonds is 4. The zero-order valence-electron chi connectivity index (χ0n) is 19.2. The molecule has 1 fully saturated rings. The SMILES string of the molecule is CCC1CN(Cc2cc(B3OC(C)(C)C(C)(C)O3)ccc2C)Cc2ccccc2O1. The van der Waals surface area contributed by atoms with Crippen molar-refractivity contribution < 1.29 is 14.0 Å². The summed E-state index contributed by atoms with van der Waals surface area (Å²) in [5.74, 6) is 1.02. The predicted molar refractivity (Wildman–Crippen MR) is 122 cm³/mol. The van der Waals surface area contributed by atoms with Crippen LogP contribution in [-0.2, 0) is 22.4 Å². The molecule has 30 heavy (non-hydrogen) atoms. The van der Waals surface area contributed by atoms with Crippen LogP contribution in [0.15, 0.2) is 42.5 Å². The van der Waals surface area contributed by atoms with Crippen molar-refractivity contribution in [1.82, 2.24) is 4.90 Å². The van der Waals surface area contributed by atoms with Crippen molar-refractivity contribution in [3.8, 4) is 5.75 Å². The van der Waals surface area contributed by atoms with Gasteiger partial charge in [0.25, 0.3) is 0 Å². The molecule has 2 aromatic rings. The van der Waals surface area contributed by atoms with Crippen molar-refractivity contribution in [3.63, 3.8) is 0 Å². The molecule has 0 N–H and O–H groups in total. The van der Waals surface area contributed by atoms with E-state index >= 15 is 0 Å². The molecule has 1 unspecified atom stereocenters. The monoisotopic (exact) mass is 407 g/mol. The van der Waals surface area contributed by atoms with Crippen LogP contribution in [0.5, 0.6) is 5.75 Å². The highest BCUT2D eigenvalue weighted by Gasteiger charge is 2.51. The molecule has 1 saturated heterocycles. The lowest BCUT2D eigenvalue weighted by molar-refractivity contribution is 0.00578. The first kappa shape index (κ1) is 21.4. The molecule has 2 heterocycles. The summed E-state index contributed by atoms with van der Waals surface area (Å²) in [6.07, 6.45) is 1.21. The molecule has 0 radical (unpaired) electrons. The molecule has 0 aliphatic carbocycles. The molecule has 2 aliphatic rings. The van der Waals surface area contributed by atoms with Crippen molar-refractivity contribution >= 4 is 12.6 Å². The van der Waals surface area contributed by atoms with Crippen LogP contribution in [0, 0.1) is 6.92 Å². The number of hydrogen-bond acceptors (Lipinski definition) is 4. The van der Waals surface area contributed by atoms with Gasteiger partial charge >= 0.3 is 7.12 Å². The van der Waals surface area contributed by atoms with Gasteiger partial charge in [-0.15, -0.1) is 0 Å². The Balaban J connectivity index is 1.57. The van der Waals surface area contributed by atoms with E-state index < -0.39 is 0 Å². The largest absolute Gasteiger partial charge is 0.494 e. The molecule has 0 amide bonds. The molecule has 0 aromatic heterocycles. The van der Waals surface area contributed by atoms with E-state index in [1.54, 1.807) is 0 Å². The molecule has 5 heteroatoms. The molecule has 2 aromatic carbocycles. The molecule has 160 valence electrons. The Morgan fingerprint density at radius 3 is 2.43 bits per heavy atom. The van der Waals surface area contributed by atoms with Crippen LogP contribution in [0.1, 0.15) is 57.7 Å². The second-order valence-corrected chi connectivity index (χ2v) is 9.70. The molecule has 2 aliphatic heterocycles. The lowest BCUT2D eigenvalue weighted by atomic mass is 9.77. The fraction of sp³-hybridized carbons (Fsp3) is 0.520. The summed E-state index contributed by atoms with van der Waals surface area (Å²) in [6.45, 7) is 15.5. The van der Waals surface area contributed by atoms with Crippen LogP contribution in [0.4, 0.5) is 0 Å². The third-order valence-corrected chi connectivity index (χ3v) is 6.87. The van der Waals surface area contributed by atoms with E-state index in [1.807, 2.05) is 0 Å². The van der Waals surface area contributed by atoms with Gasteiger partial charge in [0.1, 0.15) is 11.9 Å². The van der Waals surface area contributed by atoms with E-state index in [2.05, 4.69) is 88.9 Å². The van der Waals surface area contributed by atoms with Gasteiger partial charge in [-0.2, -0.15) is 0 Å². The van der Waals surface area contributed by atoms with Crippen molar-refractivity contribution in [1.29, 1.82) is 0 Å². The number of aryl methyl sites for hydroxylation is 1. The smallest absolute Gasteiger partial charge is 0.489 e. The maximum Gasteiger partial charge on any atom is 0.494 e. The highest BCUT2D eigenvalue weighted by molar-refractivity contribution is 6.62. The van der Waals surface area contributed by atoms with Crippen LogP contribution in [-0.4, -0.2) is 35.9 Å². The van der Waals surface area contributed by atoms with E-state index in [1.165, 1.54) is 16.7 Å². The van der Waals surface area contributed by atoms with Crippen LogP contribution in [0.2, 0.25) is 0 Å². The third-order valence-electron chi connectivity index (χ3n) is 6.87. The minimum Gasteiger partial charge on any atom is -0.489 e. The van der Waals surface area contributed by atoms with Crippen molar-refractivity contribution in [2.24, 2.45) is 0 Å². The van der Waals surface area contributed by atoms with Crippen molar-refractivity contribution in [2.75, 3.05) is 6.54 Å². The lowest BCUT2D eigenvalue weighted by Crippen LogP contribution is -2.41. The summed E-state index contributed by atoms with van der Waals surface area (Å²) >= 11 is 0. The minimum atomic E-state index is -0.330. The average molecular weight is 407 g/mol. The minimum absolute atomic E-state index is 0.209. The molecule has 0 spiro atoms. The highest BCUT2D eigenvalue weighted by atomic mass is 16.7. The topological polar surface area (TPSA) is 30.9 Å². The number of benzene rings is 2. The summed E-state index contributed by atoms with van der Waals surface area (Å²) in [4.78, 5) is 2.50. The van der Waals surface area contributed by atoms with Gasteiger partial charge in [-0.05, 0) is 63.7 Å². The normalized spacial score (nSPS) is 23.0. The van der Waals surface area contributed by atoms with Gasteiger partial charge in [-0.3, -0.25) is 4.90 Å². The Morgan fingerprint density at radius 2 is 1.73 bits per heavy atom. The predicted octanol–water partition coefficient (Wildman–Crippen LogP) is 4.47. The van der Waals surface area contributed by atoms with Gasteiger partial charge in [-0.25, -0.2) is 0 Å². The van der Waals surface area contributed by atoms with E-state index in [0.29, 0.717) is 0 Å². The Hall–Kier alpha value is -1.82. The number of para-hydroxylation sites is 1. The molecule has 4 nitrogen and oxygen atoms in total. The number of hydrogen-bond donors (Lipinski definition) is 0. The maximum absolute atomic E-state index is 6.28. The molecular weight excluding hydrogens is 373 g/mol. The first-order valence-electron chi connectivity index (χ1n) is 11.1. The quantitative estimate of drug-likeness (QED) is 0.700. The third kappa shape index (κ3) is 4.16. The molecular formula is C25H34BNO3. The summed E-state index contributed by atoms with van der Waals surface area (Å²) in [5, 5.41) is 0. The average Bonchev–Trinajstić information content (AvgIpc) is 2.82. The fourth-order valence-electron chi connectivity index (χ4n) is 4.12. The van der Waals surface area contributed by atoms with Gasteiger partial charge in [-0.1, -0.05) is 43.3 Å². The zero-order chi connectivity index (χ0) is 21.5. The summed E-state index contributed by atoms with van der Waals surface area (Å²) < 4.78 is 18.8. The summed E-state index contributed by atoms with van der Waals surface area (Å²) in [7, 11) is -0.328. The van der Waals surface area contributed by atoms with Gasteiger partial charge in [0.2, 0.25) is 0 Å². The Morgan fingerprint density at radius 1 is 1.03 bits per heavy atom. The van der Waals surface area contributed by atoms with Crippen LogP contribution in [0.3, 0.4) is 0 Å². The van der Waals surface area contributed by atoms with Crippen molar-refractivity contribution in [3.05, 3.63) is 59.2 Å². The van der Waals surface area contributed by atoms with Crippen LogP contribution < -0.4 is 10.2 Å². The van der Waals surface area contributed by atoms with Crippen LogP contribution in [0.25, 0.3) is 0 Å². The number of nitrogens with zero attached hydrogens (tertiary/aromatic N) is 1. The molecule has 4 rings (SSSR count). The standard InChI is InChI=1S/C25H34BNO3/c1-7-22-17-27(15-19-10-8-9-11-23(19)28-22)16-20-14-21(13-12-18(20)2)26-29-24(3,4)25(5,6)30-26/h8-14,22H,7,15-17H2,1-6H3. The molecule has 0 bridgehead atoms. The van der Waals surface area contributed by atoms with Gasteiger partial charge < -0.3 is 14.0 Å². The van der Waals surface area contributed by atoms with Gasteiger partial charge in [0.15, 0.2) is 0 Å². The van der Waals surface area contributed by atoms with Crippen LogP contribution >= 0.6 is 0 Å². The van der Waals surface area contributed by atoms with E-state index in [0.717, 1.165) is 37.3 Å². The van der Waals surface area contributed by atoms with Crippen molar-refractivity contribution in [2.45, 2.75) is 78.4 Å². The Kier molecular flexibility index (Phi) is 5.73. The van der Waals surface area contributed by atoms with Gasteiger partial charge in [0.05, 0.1) is 11.2 Å².